The van der Waals surface area contributed by atoms with E-state index in [1.54, 1.807) is 6.07 Å². The third kappa shape index (κ3) is 2.12. The standard InChI is InChI=1S/C12H15N5O2/c1-15-4-6-16(7-5-15)12-10-3-2-9(17(18)19)8-11(10)13-14-12/h2-3,8H,4-7H2,1H3,(H,13,14). The molecule has 1 N–H and O–H groups in total. The highest BCUT2D eigenvalue weighted by molar-refractivity contribution is 5.91. The summed E-state index contributed by atoms with van der Waals surface area (Å²) >= 11 is 0. The van der Waals surface area contributed by atoms with Crippen LogP contribution < -0.4 is 4.90 Å². The number of aromatic amines is 1. The Labute approximate surface area is 110 Å². The second-order valence-corrected chi connectivity index (χ2v) is 4.82. The molecule has 0 bridgehead atoms. The summed E-state index contributed by atoms with van der Waals surface area (Å²) in [5.74, 6) is 0.887. The maximum absolute atomic E-state index is 10.7. The molecule has 1 saturated heterocycles. The minimum absolute atomic E-state index is 0.0843. The van der Waals surface area contributed by atoms with Crippen molar-refractivity contribution in [2.75, 3.05) is 38.1 Å². The van der Waals surface area contributed by atoms with Gasteiger partial charge in [-0.15, -0.1) is 0 Å². The monoisotopic (exact) mass is 261 g/mol. The van der Waals surface area contributed by atoms with Crippen molar-refractivity contribution in [2.45, 2.75) is 0 Å². The fourth-order valence-electron chi connectivity index (χ4n) is 2.37. The molecule has 1 aliphatic rings. The van der Waals surface area contributed by atoms with Crippen LogP contribution in [-0.4, -0.2) is 53.2 Å². The number of likely N-dealkylation sites (N-methyl/N-ethyl adjacent to an activating group) is 1. The number of H-pyrrole nitrogens is 1. The van der Waals surface area contributed by atoms with Gasteiger partial charge in [0.2, 0.25) is 0 Å². The molecular formula is C12H15N5O2. The lowest BCUT2D eigenvalue weighted by atomic mass is 10.2. The first-order chi connectivity index (χ1) is 9.15. The molecule has 0 saturated carbocycles. The predicted octanol–water partition coefficient (Wildman–Crippen LogP) is 1.22. The van der Waals surface area contributed by atoms with Crippen LogP contribution in [0.3, 0.4) is 0 Å². The van der Waals surface area contributed by atoms with Gasteiger partial charge in [0, 0.05) is 43.7 Å². The number of nitrogens with one attached hydrogen (secondary N) is 1. The maximum Gasteiger partial charge on any atom is 0.271 e. The minimum atomic E-state index is -0.393. The largest absolute Gasteiger partial charge is 0.352 e. The molecule has 3 rings (SSSR count). The lowest BCUT2D eigenvalue weighted by Gasteiger charge is -2.32. The van der Waals surface area contributed by atoms with Crippen LogP contribution in [0.15, 0.2) is 18.2 Å². The van der Waals surface area contributed by atoms with Gasteiger partial charge in [-0.3, -0.25) is 15.2 Å². The van der Waals surface area contributed by atoms with Gasteiger partial charge < -0.3 is 9.80 Å². The summed E-state index contributed by atoms with van der Waals surface area (Å²) in [5.41, 5.74) is 0.796. The molecule has 0 amide bonds. The molecule has 1 aliphatic heterocycles. The molecule has 0 unspecified atom stereocenters. The number of fused-ring (bicyclic) bond motifs is 1. The number of non-ortho nitro benzene ring substituents is 1. The normalized spacial score (nSPS) is 17.0. The van der Waals surface area contributed by atoms with Crippen LogP contribution >= 0.6 is 0 Å². The van der Waals surface area contributed by atoms with Crippen molar-refractivity contribution >= 4 is 22.4 Å². The number of nitro groups is 1. The Morgan fingerprint density at radius 2 is 2.05 bits per heavy atom. The number of rotatable bonds is 2. The predicted molar refractivity (Wildman–Crippen MR) is 72.5 cm³/mol. The first-order valence-corrected chi connectivity index (χ1v) is 6.21. The summed E-state index contributed by atoms with van der Waals surface area (Å²) in [4.78, 5) is 14.8. The van der Waals surface area contributed by atoms with Crippen molar-refractivity contribution in [3.63, 3.8) is 0 Å². The molecule has 7 heteroatoms. The summed E-state index contributed by atoms with van der Waals surface area (Å²) in [6.07, 6.45) is 0. The molecular weight excluding hydrogens is 246 g/mol. The van der Waals surface area contributed by atoms with E-state index in [2.05, 4.69) is 27.0 Å². The number of hydrogen-bond acceptors (Lipinski definition) is 5. The molecule has 2 aromatic rings. The van der Waals surface area contributed by atoms with E-state index in [9.17, 15) is 10.1 Å². The SMILES string of the molecule is CN1CCN(c2n[nH]c3cc([N+](=O)[O-])ccc23)CC1. The highest BCUT2D eigenvalue weighted by Gasteiger charge is 2.19. The van der Waals surface area contributed by atoms with Gasteiger partial charge >= 0.3 is 0 Å². The van der Waals surface area contributed by atoms with E-state index in [4.69, 9.17) is 0 Å². The van der Waals surface area contributed by atoms with Gasteiger partial charge in [-0.2, -0.15) is 5.10 Å². The van der Waals surface area contributed by atoms with Crippen molar-refractivity contribution in [3.8, 4) is 0 Å². The quantitative estimate of drug-likeness (QED) is 0.649. The summed E-state index contributed by atoms with van der Waals surface area (Å²) in [6, 6.07) is 4.82. The molecule has 0 spiro atoms. The Bertz CT molecular complexity index is 616. The van der Waals surface area contributed by atoms with Crippen LogP contribution in [0.1, 0.15) is 0 Å². The zero-order valence-electron chi connectivity index (χ0n) is 10.7. The summed E-state index contributed by atoms with van der Waals surface area (Å²) in [7, 11) is 2.10. The van der Waals surface area contributed by atoms with Crippen LogP contribution in [-0.2, 0) is 0 Å². The van der Waals surface area contributed by atoms with Crippen LogP contribution in [0.4, 0.5) is 11.5 Å². The number of benzene rings is 1. The Hall–Kier alpha value is -2.15. The second-order valence-electron chi connectivity index (χ2n) is 4.82. The summed E-state index contributed by atoms with van der Waals surface area (Å²) < 4.78 is 0. The lowest BCUT2D eigenvalue weighted by Crippen LogP contribution is -2.44. The van der Waals surface area contributed by atoms with Gasteiger partial charge in [-0.1, -0.05) is 0 Å². The number of hydrogen-bond donors (Lipinski definition) is 1. The third-order valence-corrected chi connectivity index (χ3v) is 3.54. The highest BCUT2D eigenvalue weighted by Crippen LogP contribution is 2.27. The van der Waals surface area contributed by atoms with Gasteiger partial charge in [0.25, 0.3) is 5.69 Å². The van der Waals surface area contributed by atoms with Crippen LogP contribution in [0.2, 0.25) is 0 Å². The summed E-state index contributed by atoms with van der Waals surface area (Å²) in [6.45, 7) is 3.85. The first-order valence-electron chi connectivity index (χ1n) is 6.21. The summed E-state index contributed by atoms with van der Waals surface area (Å²) in [5, 5.41) is 18.9. The molecule has 1 aromatic heterocycles. The second kappa shape index (κ2) is 4.51. The molecule has 1 fully saturated rings. The number of piperazine rings is 1. The van der Waals surface area contributed by atoms with E-state index in [1.807, 2.05) is 0 Å². The van der Waals surface area contributed by atoms with E-state index in [-0.39, 0.29) is 5.69 Å². The number of nitrogens with zero attached hydrogens (tertiary/aromatic N) is 4. The van der Waals surface area contributed by atoms with Crippen LogP contribution in [0, 0.1) is 10.1 Å². The van der Waals surface area contributed by atoms with E-state index in [0.717, 1.165) is 37.4 Å². The van der Waals surface area contributed by atoms with Crippen molar-refractivity contribution < 1.29 is 4.92 Å². The van der Waals surface area contributed by atoms with E-state index >= 15 is 0 Å². The molecule has 19 heavy (non-hydrogen) atoms. The first kappa shape index (κ1) is 11.9. The molecule has 1 aromatic carbocycles. The van der Waals surface area contributed by atoms with Gasteiger partial charge in [-0.25, -0.2) is 0 Å². The Balaban J connectivity index is 1.95. The Kier molecular flexibility index (Phi) is 2.83. The Morgan fingerprint density at radius 1 is 1.32 bits per heavy atom. The molecule has 2 heterocycles. The van der Waals surface area contributed by atoms with Gasteiger partial charge in [0.05, 0.1) is 10.4 Å². The molecule has 7 nitrogen and oxygen atoms in total. The number of anilines is 1. The minimum Gasteiger partial charge on any atom is -0.352 e. The smallest absolute Gasteiger partial charge is 0.271 e. The van der Waals surface area contributed by atoms with Crippen molar-refractivity contribution in [1.82, 2.24) is 15.1 Å². The van der Waals surface area contributed by atoms with Gasteiger partial charge in [-0.05, 0) is 13.1 Å². The van der Waals surface area contributed by atoms with Crippen molar-refractivity contribution in [2.24, 2.45) is 0 Å². The van der Waals surface area contributed by atoms with Crippen molar-refractivity contribution in [1.29, 1.82) is 0 Å². The van der Waals surface area contributed by atoms with Gasteiger partial charge in [0.1, 0.15) is 0 Å². The number of aromatic nitrogens is 2. The molecule has 0 radical (unpaired) electrons. The highest BCUT2D eigenvalue weighted by atomic mass is 16.6. The van der Waals surface area contributed by atoms with E-state index in [0.29, 0.717) is 5.52 Å². The van der Waals surface area contributed by atoms with Gasteiger partial charge in [0.15, 0.2) is 5.82 Å². The lowest BCUT2D eigenvalue weighted by molar-refractivity contribution is -0.384. The number of nitro benzene ring substituents is 1. The zero-order chi connectivity index (χ0) is 13.4. The Morgan fingerprint density at radius 3 is 2.74 bits per heavy atom. The van der Waals surface area contributed by atoms with Crippen molar-refractivity contribution in [3.05, 3.63) is 28.3 Å². The third-order valence-electron chi connectivity index (χ3n) is 3.54. The van der Waals surface area contributed by atoms with E-state index in [1.165, 1.54) is 12.1 Å². The maximum atomic E-state index is 10.7. The molecule has 0 aliphatic carbocycles. The van der Waals surface area contributed by atoms with Crippen LogP contribution in [0.5, 0.6) is 0 Å². The average molecular weight is 261 g/mol. The van der Waals surface area contributed by atoms with Crippen LogP contribution in [0.25, 0.3) is 10.9 Å². The van der Waals surface area contributed by atoms with E-state index < -0.39 is 4.92 Å². The molecule has 0 atom stereocenters. The fraction of sp³-hybridized carbons (Fsp3) is 0.417. The average Bonchev–Trinajstić information content (AvgIpc) is 2.82. The topological polar surface area (TPSA) is 78.3 Å². The molecule has 100 valence electrons. The zero-order valence-corrected chi connectivity index (χ0v) is 10.7. The fourth-order valence-corrected chi connectivity index (χ4v) is 2.37.